The van der Waals surface area contributed by atoms with Gasteiger partial charge in [0.05, 0.1) is 12.7 Å². The summed E-state index contributed by atoms with van der Waals surface area (Å²) < 4.78 is 10.6. The Morgan fingerprint density at radius 3 is 2.20 bits per heavy atom. The van der Waals surface area contributed by atoms with E-state index in [9.17, 15) is 24.9 Å². The molecule has 0 aliphatic carbocycles. The summed E-state index contributed by atoms with van der Waals surface area (Å²) in [4.78, 5) is 22.9. The summed E-state index contributed by atoms with van der Waals surface area (Å²) in [6.45, 7) is 4.36. The lowest BCUT2D eigenvalue weighted by Gasteiger charge is -2.38. The molecule has 1 heterocycles. The van der Waals surface area contributed by atoms with Gasteiger partial charge in [0.25, 0.3) is 0 Å². The van der Waals surface area contributed by atoms with Crippen molar-refractivity contribution in [1.29, 1.82) is 0 Å². The normalized spacial score (nSPS) is 29.2. The van der Waals surface area contributed by atoms with Crippen LogP contribution in [0.4, 0.5) is 0 Å². The second-order valence-electron chi connectivity index (χ2n) is 6.06. The second kappa shape index (κ2) is 11.4. The van der Waals surface area contributed by atoms with Gasteiger partial charge in [-0.25, -0.2) is 0 Å². The molecule has 0 saturated carbocycles. The Bertz CT molecular complexity index is 421. The Balaban J connectivity index is 2.10. The number of hydrogen-bond acceptors (Lipinski definition) is 7. The van der Waals surface area contributed by atoms with Gasteiger partial charge < -0.3 is 35.4 Å². The number of aliphatic hydroxyl groups excluding tert-OH is 3. The summed E-state index contributed by atoms with van der Waals surface area (Å²) >= 11 is 0. The molecule has 9 heteroatoms. The molecule has 0 aromatic heterocycles. The third-order valence-electron chi connectivity index (χ3n) is 3.95. The fourth-order valence-electron chi connectivity index (χ4n) is 2.46. The van der Waals surface area contributed by atoms with E-state index in [1.54, 1.807) is 6.92 Å². The van der Waals surface area contributed by atoms with Crippen LogP contribution >= 0.6 is 0 Å². The van der Waals surface area contributed by atoms with Crippen molar-refractivity contribution < 1.29 is 34.4 Å². The quantitative estimate of drug-likeness (QED) is 0.303. The van der Waals surface area contributed by atoms with E-state index in [0.717, 1.165) is 0 Å². The number of aliphatic hydroxyl groups is 3. The highest BCUT2D eigenvalue weighted by atomic mass is 16.7. The molecule has 1 rings (SSSR count). The van der Waals surface area contributed by atoms with Crippen LogP contribution in [0.3, 0.4) is 0 Å². The van der Waals surface area contributed by atoms with Crippen molar-refractivity contribution in [3.63, 3.8) is 0 Å². The van der Waals surface area contributed by atoms with Crippen LogP contribution in [0.15, 0.2) is 0 Å². The number of carbonyl (C=O) groups is 2. The standard InChI is InChI=1S/C16H30N2O7/c1-3-17-11(19)6-4-5-7-12(20)18-8-9-24-16-15(23)14(22)13(21)10(2)25-16/h10,13-16,21-23H,3-9H2,1-2H3,(H,17,19)(H,18,20)/t10-,13+,14+,15-,16+/m0/s1. The molecule has 0 aromatic carbocycles. The van der Waals surface area contributed by atoms with Gasteiger partial charge in [-0.15, -0.1) is 0 Å². The molecule has 146 valence electrons. The number of unbranched alkanes of at least 4 members (excludes halogenated alkanes) is 1. The molecule has 0 radical (unpaired) electrons. The Kier molecular flexibility index (Phi) is 9.91. The SMILES string of the molecule is CCNC(=O)CCCCC(=O)NCCO[C@@H]1O[C@@H](C)[C@@H](O)[C@@H](O)[C@@H]1O. The minimum Gasteiger partial charge on any atom is -0.388 e. The monoisotopic (exact) mass is 362 g/mol. The Hall–Kier alpha value is -1.26. The molecule has 0 bridgehead atoms. The van der Waals surface area contributed by atoms with Crippen molar-refractivity contribution in [2.45, 2.75) is 70.2 Å². The first-order valence-corrected chi connectivity index (χ1v) is 8.71. The van der Waals surface area contributed by atoms with Crippen LogP contribution in [-0.4, -0.2) is 77.5 Å². The molecular formula is C16H30N2O7. The number of amides is 2. The van der Waals surface area contributed by atoms with Crippen molar-refractivity contribution in [3.8, 4) is 0 Å². The highest BCUT2D eigenvalue weighted by Crippen LogP contribution is 2.21. The second-order valence-corrected chi connectivity index (χ2v) is 6.06. The zero-order valence-corrected chi connectivity index (χ0v) is 14.8. The maximum absolute atomic E-state index is 11.7. The molecule has 1 aliphatic rings. The van der Waals surface area contributed by atoms with Crippen molar-refractivity contribution in [2.75, 3.05) is 19.7 Å². The van der Waals surface area contributed by atoms with Crippen LogP contribution in [0.25, 0.3) is 0 Å². The van der Waals surface area contributed by atoms with Gasteiger partial charge in [0.1, 0.15) is 18.3 Å². The van der Waals surface area contributed by atoms with Crippen molar-refractivity contribution in [2.24, 2.45) is 0 Å². The summed E-state index contributed by atoms with van der Waals surface area (Å²) in [6, 6.07) is 0. The molecule has 1 aliphatic heterocycles. The summed E-state index contributed by atoms with van der Waals surface area (Å²) in [5.41, 5.74) is 0. The molecule has 0 spiro atoms. The lowest BCUT2D eigenvalue weighted by atomic mass is 10.0. The zero-order chi connectivity index (χ0) is 18.8. The number of rotatable bonds is 10. The van der Waals surface area contributed by atoms with Gasteiger partial charge >= 0.3 is 0 Å². The zero-order valence-electron chi connectivity index (χ0n) is 14.8. The maximum atomic E-state index is 11.7. The molecule has 5 atom stereocenters. The predicted molar refractivity (Wildman–Crippen MR) is 88.5 cm³/mol. The lowest BCUT2D eigenvalue weighted by molar-refractivity contribution is -0.292. The van der Waals surface area contributed by atoms with E-state index in [-0.39, 0.29) is 25.0 Å². The molecule has 5 N–H and O–H groups in total. The molecule has 25 heavy (non-hydrogen) atoms. The molecule has 9 nitrogen and oxygen atoms in total. The van der Waals surface area contributed by atoms with E-state index in [2.05, 4.69) is 10.6 Å². The van der Waals surface area contributed by atoms with E-state index >= 15 is 0 Å². The topological polar surface area (TPSA) is 137 Å². The first-order chi connectivity index (χ1) is 11.9. The van der Waals surface area contributed by atoms with Crippen LogP contribution < -0.4 is 10.6 Å². The van der Waals surface area contributed by atoms with E-state index in [4.69, 9.17) is 9.47 Å². The number of hydrogen-bond donors (Lipinski definition) is 5. The summed E-state index contributed by atoms with van der Waals surface area (Å²) in [5.74, 6) is -0.155. The van der Waals surface area contributed by atoms with Crippen LogP contribution in [0.1, 0.15) is 39.5 Å². The fourth-order valence-corrected chi connectivity index (χ4v) is 2.46. The van der Waals surface area contributed by atoms with E-state index < -0.39 is 30.7 Å². The Morgan fingerprint density at radius 1 is 1.00 bits per heavy atom. The molecular weight excluding hydrogens is 332 g/mol. The van der Waals surface area contributed by atoms with Crippen LogP contribution in [-0.2, 0) is 19.1 Å². The molecule has 1 saturated heterocycles. The molecule has 0 unspecified atom stereocenters. The smallest absolute Gasteiger partial charge is 0.220 e. The molecule has 1 fully saturated rings. The highest BCUT2D eigenvalue weighted by Gasteiger charge is 2.42. The van der Waals surface area contributed by atoms with Crippen LogP contribution in [0.5, 0.6) is 0 Å². The largest absolute Gasteiger partial charge is 0.388 e. The van der Waals surface area contributed by atoms with Gasteiger partial charge in [-0.2, -0.15) is 0 Å². The van der Waals surface area contributed by atoms with Gasteiger partial charge in [0.2, 0.25) is 11.8 Å². The van der Waals surface area contributed by atoms with Gasteiger partial charge in [0.15, 0.2) is 6.29 Å². The Labute approximate surface area is 147 Å². The van der Waals surface area contributed by atoms with E-state index in [1.807, 2.05) is 6.92 Å². The Morgan fingerprint density at radius 2 is 1.60 bits per heavy atom. The van der Waals surface area contributed by atoms with Crippen LogP contribution in [0, 0.1) is 0 Å². The average molecular weight is 362 g/mol. The minimum atomic E-state index is -1.35. The summed E-state index contributed by atoms with van der Waals surface area (Å²) in [5, 5.41) is 34.4. The maximum Gasteiger partial charge on any atom is 0.220 e. The summed E-state index contributed by atoms with van der Waals surface area (Å²) in [6.07, 6.45) is -3.58. The van der Waals surface area contributed by atoms with Crippen molar-refractivity contribution in [3.05, 3.63) is 0 Å². The van der Waals surface area contributed by atoms with Crippen molar-refractivity contribution in [1.82, 2.24) is 10.6 Å². The lowest BCUT2D eigenvalue weighted by Crippen LogP contribution is -2.57. The third-order valence-corrected chi connectivity index (χ3v) is 3.95. The highest BCUT2D eigenvalue weighted by molar-refractivity contribution is 5.77. The average Bonchev–Trinajstić information content (AvgIpc) is 2.58. The first-order valence-electron chi connectivity index (χ1n) is 8.71. The first kappa shape index (κ1) is 21.8. The number of ether oxygens (including phenoxy) is 2. The van der Waals surface area contributed by atoms with Gasteiger partial charge in [-0.05, 0) is 26.7 Å². The minimum absolute atomic E-state index is 0.0103. The van der Waals surface area contributed by atoms with Crippen molar-refractivity contribution >= 4 is 11.8 Å². The van der Waals surface area contributed by atoms with Gasteiger partial charge in [0, 0.05) is 25.9 Å². The van der Waals surface area contributed by atoms with E-state index in [1.165, 1.54) is 0 Å². The van der Waals surface area contributed by atoms with E-state index in [0.29, 0.717) is 32.2 Å². The summed E-state index contributed by atoms with van der Waals surface area (Å²) in [7, 11) is 0. The van der Waals surface area contributed by atoms with Gasteiger partial charge in [-0.3, -0.25) is 9.59 Å². The fraction of sp³-hybridized carbons (Fsp3) is 0.875. The molecule has 2 amide bonds. The number of carbonyl (C=O) groups excluding carboxylic acids is 2. The predicted octanol–water partition coefficient (Wildman–Crippen LogP) is -1.36. The van der Waals surface area contributed by atoms with Crippen LogP contribution in [0.2, 0.25) is 0 Å². The third kappa shape index (κ3) is 7.66. The van der Waals surface area contributed by atoms with Gasteiger partial charge in [-0.1, -0.05) is 0 Å². The number of nitrogens with one attached hydrogen (secondary N) is 2. The molecule has 0 aromatic rings.